The first-order valence-electron chi connectivity index (χ1n) is 8.80. The van der Waals surface area contributed by atoms with Crippen molar-refractivity contribution in [2.75, 3.05) is 26.7 Å². The number of hydrogen-bond donors (Lipinski definition) is 1. The molecule has 0 spiro atoms. The molecule has 2 aromatic heterocycles. The number of rotatable bonds is 3. The highest BCUT2D eigenvalue weighted by Crippen LogP contribution is 2.27. The van der Waals surface area contributed by atoms with Crippen LogP contribution in [-0.2, 0) is 11.3 Å². The van der Waals surface area contributed by atoms with Crippen LogP contribution in [0.1, 0.15) is 17.3 Å². The molecule has 1 amide bonds. The summed E-state index contributed by atoms with van der Waals surface area (Å²) in [5.74, 6) is 0. The number of aromatic amines is 1. The standard InChI is InChI=1S/C20H22N4O2/c1-23-10-11-24(20(25)26-14-15-6-3-2-4-7-15)19(13-23)18-12-17-16(22-18)8-5-9-21-17/h2-9,12,19,22H,10-11,13-14H2,1H3. The third-order valence-corrected chi connectivity index (χ3v) is 4.79. The van der Waals surface area contributed by atoms with Gasteiger partial charge in [-0.25, -0.2) is 4.79 Å². The van der Waals surface area contributed by atoms with E-state index < -0.39 is 0 Å². The second-order valence-electron chi connectivity index (χ2n) is 6.67. The predicted molar refractivity (Wildman–Crippen MR) is 99.7 cm³/mol. The van der Waals surface area contributed by atoms with Gasteiger partial charge >= 0.3 is 6.09 Å². The molecule has 4 rings (SSSR count). The van der Waals surface area contributed by atoms with Crippen molar-refractivity contribution in [3.63, 3.8) is 0 Å². The Morgan fingerprint density at radius 2 is 2.08 bits per heavy atom. The van der Waals surface area contributed by atoms with Crippen molar-refractivity contribution in [2.24, 2.45) is 0 Å². The van der Waals surface area contributed by atoms with Gasteiger partial charge in [-0.05, 0) is 30.8 Å². The zero-order valence-electron chi connectivity index (χ0n) is 14.8. The Kier molecular flexibility index (Phi) is 4.58. The van der Waals surface area contributed by atoms with Crippen LogP contribution in [0.25, 0.3) is 11.0 Å². The molecule has 6 nitrogen and oxygen atoms in total. The molecule has 26 heavy (non-hydrogen) atoms. The zero-order valence-corrected chi connectivity index (χ0v) is 14.8. The van der Waals surface area contributed by atoms with Crippen LogP contribution in [0.5, 0.6) is 0 Å². The number of aromatic nitrogens is 2. The Bertz CT molecular complexity index is 860. The smallest absolute Gasteiger partial charge is 0.410 e. The average Bonchev–Trinajstić information content (AvgIpc) is 3.11. The number of ether oxygens (including phenoxy) is 1. The van der Waals surface area contributed by atoms with Gasteiger partial charge in [0.15, 0.2) is 0 Å². The van der Waals surface area contributed by atoms with Crippen molar-refractivity contribution < 1.29 is 9.53 Å². The molecule has 1 unspecified atom stereocenters. The summed E-state index contributed by atoms with van der Waals surface area (Å²) < 4.78 is 5.57. The minimum atomic E-state index is -0.279. The molecular weight excluding hydrogens is 328 g/mol. The van der Waals surface area contributed by atoms with Crippen LogP contribution >= 0.6 is 0 Å². The van der Waals surface area contributed by atoms with E-state index in [0.29, 0.717) is 6.54 Å². The van der Waals surface area contributed by atoms with Gasteiger partial charge in [0.05, 0.1) is 17.1 Å². The first kappa shape index (κ1) is 16.6. The lowest BCUT2D eigenvalue weighted by atomic mass is 10.1. The summed E-state index contributed by atoms with van der Waals surface area (Å²) in [7, 11) is 2.07. The molecule has 3 aromatic rings. The fraction of sp³-hybridized carbons (Fsp3) is 0.300. The van der Waals surface area contributed by atoms with E-state index in [1.54, 1.807) is 6.20 Å². The van der Waals surface area contributed by atoms with Crippen LogP contribution in [0.4, 0.5) is 4.79 Å². The summed E-state index contributed by atoms with van der Waals surface area (Å²) in [5, 5.41) is 0. The summed E-state index contributed by atoms with van der Waals surface area (Å²) in [5.41, 5.74) is 3.87. The van der Waals surface area contributed by atoms with Gasteiger partial charge in [0.25, 0.3) is 0 Å². The molecule has 1 fully saturated rings. The van der Waals surface area contributed by atoms with Crippen LogP contribution in [0.3, 0.4) is 0 Å². The van der Waals surface area contributed by atoms with Gasteiger partial charge in [-0.15, -0.1) is 0 Å². The SMILES string of the molecule is CN1CCN(C(=O)OCc2ccccc2)C(c2cc3ncccc3[nH]2)C1. The molecule has 3 heterocycles. The quantitative estimate of drug-likeness (QED) is 0.788. The van der Waals surface area contributed by atoms with E-state index in [2.05, 4.69) is 21.9 Å². The number of pyridine rings is 1. The van der Waals surface area contributed by atoms with Crippen molar-refractivity contribution in [1.29, 1.82) is 0 Å². The molecule has 1 aliphatic heterocycles. The highest BCUT2D eigenvalue weighted by molar-refractivity contribution is 5.76. The Morgan fingerprint density at radius 3 is 2.88 bits per heavy atom. The number of piperazine rings is 1. The average molecular weight is 350 g/mol. The maximum absolute atomic E-state index is 12.7. The van der Waals surface area contributed by atoms with Crippen LogP contribution < -0.4 is 0 Å². The van der Waals surface area contributed by atoms with Crippen LogP contribution in [0, 0.1) is 0 Å². The van der Waals surface area contributed by atoms with E-state index in [9.17, 15) is 4.79 Å². The van der Waals surface area contributed by atoms with Gasteiger partial charge in [-0.3, -0.25) is 9.88 Å². The van der Waals surface area contributed by atoms with Gasteiger partial charge < -0.3 is 14.6 Å². The topological polar surface area (TPSA) is 61.5 Å². The van der Waals surface area contributed by atoms with Crippen molar-refractivity contribution in [3.8, 4) is 0 Å². The van der Waals surface area contributed by atoms with Gasteiger partial charge in [0, 0.05) is 31.5 Å². The third kappa shape index (κ3) is 3.41. The van der Waals surface area contributed by atoms with Crippen molar-refractivity contribution in [1.82, 2.24) is 19.8 Å². The summed E-state index contributed by atoms with van der Waals surface area (Å²) >= 11 is 0. The van der Waals surface area contributed by atoms with Crippen molar-refractivity contribution >= 4 is 17.1 Å². The number of likely N-dealkylation sites (N-methyl/N-ethyl adjacent to an activating group) is 1. The second kappa shape index (κ2) is 7.17. The molecule has 1 N–H and O–H groups in total. The van der Waals surface area contributed by atoms with E-state index in [-0.39, 0.29) is 18.7 Å². The monoisotopic (exact) mass is 350 g/mol. The summed E-state index contributed by atoms with van der Waals surface area (Å²) in [6.45, 7) is 2.51. The molecule has 6 heteroatoms. The minimum absolute atomic E-state index is 0.0776. The molecular formula is C20H22N4O2. The Balaban J connectivity index is 1.53. The third-order valence-electron chi connectivity index (χ3n) is 4.79. The summed E-state index contributed by atoms with van der Waals surface area (Å²) in [4.78, 5) is 24.6. The lowest BCUT2D eigenvalue weighted by Crippen LogP contribution is -2.49. The Labute approximate surface area is 152 Å². The molecule has 1 saturated heterocycles. The molecule has 0 radical (unpaired) electrons. The molecule has 0 saturated carbocycles. The number of amides is 1. The van der Waals surface area contributed by atoms with E-state index in [4.69, 9.17) is 4.74 Å². The van der Waals surface area contributed by atoms with Crippen LogP contribution in [-0.4, -0.2) is 52.5 Å². The lowest BCUT2D eigenvalue weighted by Gasteiger charge is -2.38. The van der Waals surface area contributed by atoms with E-state index in [0.717, 1.165) is 35.4 Å². The highest BCUT2D eigenvalue weighted by Gasteiger charge is 2.32. The number of fused-ring (bicyclic) bond motifs is 1. The molecule has 1 atom stereocenters. The van der Waals surface area contributed by atoms with E-state index in [1.165, 1.54) is 0 Å². The summed E-state index contributed by atoms with van der Waals surface area (Å²) in [6.07, 6.45) is 1.50. The second-order valence-corrected chi connectivity index (χ2v) is 6.67. The van der Waals surface area contributed by atoms with Gasteiger partial charge in [-0.2, -0.15) is 0 Å². The highest BCUT2D eigenvalue weighted by atomic mass is 16.6. The molecule has 1 aliphatic rings. The zero-order chi connectivity index (χ0) is 17.9. The predicted octanol–water partition coefficient (Wildman–Crippen LogP) is 3.19. The van der Waals surface area contributed by atoms with Gasteiger partial charge in [0.2, 0.25) is 0 Å². The number of carbonyl (C=O) groups is 1. The number of carbonyl (C=O) groups excluding carboxylic acids is 1. The van der Waals surface area contributed by atoms with Crippen molar-refractivity contribution in [2.45, 2.75) is 12.6 Å². The van der Waals surface area contributed by atoms with Crippen molar-refractivity contribution in [3.05, 3.63) is 66.0 Å². The van der Waals surface area contributed by atoms with E-state index in [1.807, 2.05) is 53.4 Å². The number of benzene rings is 1. The minimum Gasteiger partial charge on any atom is -0.445 e. The first-order chi connectivity index (χ1) is 12.7. The molecule has 134 valence electrons. The number of nitrogens with zero attached hydrogens (tertiary/aromatic N) is 3. The Morgan fingerprint density at radius 1 is 1.23 bits per heavy atom. The lowest BCUT2D eigenvalue weighted by molar-refractivity contribution is 0.0481. The molecule has 1 aromatic carbocycles. The van der Waals surface area contributed by atoms with E-state index >= 15 is 0 Å². The van der Waals surface area contributed by atoms with Gasteiger partial charge in [0.1, 0.15) is 6.61 Å². The molecule has 0 aliphatic carbocycles. The Hall–Kier alpha value is -2.86. The molecule has 0 bridgehead atoms. The fourth-order valence-electron chi connectivity index (χ4n) is 3.36. The van der Waals surface area contributed by atoms with Crippen LogP contribution in [0.2, 0.25) is 0 Å². The number of H-pyrrole nitrogens is 1. The normalized spacial score (nSPS) is 18.2. The first-order valence-corrected chi connectivity index (χ1v) is 8.80. The summed E-state index contributed by atoms with van der Waals surface area (Å²) in [6, 6.07) is 15.6. The number of nitrogens with one attached hydrogen (secondary N) is 1. The largest absolute Gasteiger partial charge is 0.445 e. The van der Waals surface area contributed by atoms with Gasteiger partial charge in [-0.1, -0.05) is 30.3 Å². The maximum Gasteiger partial charge on any atom is 0.410 e. The van der Waals surface area contributed by atoms with Crippen LogP contribution in [0.15, 0.2) is 54.7 Å². The maximum atomic E-state index is 12.7. The fourth-order valence-corrected chi connectivity index (χ4v) is 3.36. The number of hydrogen-bond acceptors (Lipinski definition) is 4.